The number of benzene rings is 1. The van der Waals surface area contributed by atoms with Gasteiger partial charge in [0.1, 0.15) is 12.6 Å². The number of rotatable bonds is 16. The third-order valence-electron chi connectivity index (χ3n) is 6.99. The molecular formula is C29H45FN4O6. The van der Waals surface area contributed by atoms with Crippen molar-refractivity contribution in [3.8, 4) is 5.75 Å². The summed E-state index contributed by atoms with van der Waals surface area (Å²) in [5.41, 5.74) is 6.02. The summed E-state index contributed by atoms with van der Waals surface area (Å²) < 4.78 is 20.8. The van der Waals surface area contributed by atoms with E-state index in [0.717, 1.165) is 5.56 Å². The monoisotopic (exact) mass is 564 g/mol. The molecule has 0 saturated carbocycles. The minimum absolute atomic E-state index is 0.00263. The maximum Gasteiger partial charge on any atom is 0.245 e. The van der Waals surface area contributed by atoms with Crippen LogP contribution in [-0.4, -0.2) is 72.0 Å². The van der Waals surface area contributed by atoms with Crippen LogP contribution in [0.1, 0.15) is 76.8 Å². The lowest BCUT2D eigenvalue weighted by atomic mass is 9.85. The molecule has 5 N–H and O–H groups in total. The smallest absolute Gasteiger partial charge is 0.245 e. The van der Waals surface area contributed by atoms with E-state index >= 15 is 4.39 Å². The predicted octanol–water partition coefficient (Wildman–Crippen LogP) is 2.12. The quantitative estimate of drug-likeness (QED) is 0.178. The number of amides is 4. The van der Waals surface area contributed by atoms with Crippen molar-refractivity contribution in [2.45, 2.75) is 97.2 Å². The van der Waals surface area contributed by atoms with E-state index in [2.05, 4.69) is 10.6 Å². The topological polar surface area (TPSA) is 151 Å². The number of aliphatic hydroxyl groups excluding tert-OH is 1. The molecule has 1 aliphatic rings. The number of aliphatic hydroxyl groups is 1. The summed E-state index contributed by atoms with van der Waals surface area (Å²) in [5.74, 6) is -1.27. The molecule has 0 bridgehead atoms. The summed E-state index contributed by atoms with van der Waals surface area (Å²) in [7, 11) is 0. The molecule has 0 unspecified atom stereocenters. The molecule has 1 aromatic carbocycles. The molecule has 224 valence electrons. The number of hydrogen-bond acceptors (Lipinski definition) is 6. The Morgan fingerprint density at radius 1 is 1.23 bits per heavy atom. The van der Waals surface area contributed by atoms with Crippen molar-refractivity contribution in [2.24, 2.45) is 11.1 Å². The number of ether oxygens (including phenoxy) is 1. The summed E-state index contributed by atoms with van der Waals surface area (Å²) in [4.78, 5) is 49.1. The van der Waals surface area contributed by atoms with Crippen LogP contribution in [0.4, 0.5) is 4.39 Å². The number of aryl methyl sites for hydroxylation is 2. The molecule has 4 amide bonds. The number of unbranched alkanes of at least 4 members (excludes halogenated alkanes) is 2. The molecule has 3 atom stereocenters. The van der Waals surface area contributed by atoms with Gasteiger partial charge in [-0.15, -0.1) is 0 Å². The lowest BCUT2D eigenvalue weighted by Gasteiger charge is -2.33. The van der Waals surface area contributed by atoms with Crippen molar-refractivity contribution in [2.75, 3.05) is 19.7 Å². The van der Waals surface area contributed by atoms with Gasteiger partial charge < -0.3 is 31.1 Å². The first-order valence-electron chi connectivity index (χ1n) is 14.0. The molecule has 11 heteroatoms. The molecule has 1 heterocycles. The maximum atomic E-state index is 15.1. The number of β-amino-alcohol motifs (C(OH)–C–C–N with tert-alkyl or cyclic N) is 1. The number of carbonyl (C=O) groups is 4. The van der Waals surface area contributed by atoms with E-state index in [4.69, 9.17) is 10.5 Å². The summed E-state index contributed by atoms with van der Waals surface area (Å²) in [6.07, 6.45) is 3.55. The lowest BCUT2D eigenvalue weighted by molar-refractivity contribution is -0.138. The highest BCUT2D eigenvalue weighted by atomic mass is 19.1. The molecule has 0 aromatic heterocycles. The third kappa shape index (κ3) is 10.7. The van der Waals surface area contributed by atoms with E-state index in [9.17, 15) is 24.3 Å². The van der Waals surface area contributed by atoms with Crippen molar-refractivity contribution in [1.29, 1.82) is 0 Å². The van der Waals surface area contributed by atoms with Crippen LogP contribution in [0.2, 0.25) is 0 Å². The van der Waals surface area contributed by atoms with Crippen LogP contribution >= 0.6 is 0 Å². The first kappa shape index (κ1) is 33.0. The Balaban J connectivity index is 1.85. The number of primary amides is 1. The first-order valence-corrected chi connectivity index (χ1v) is 14.0. The predicted molar refractivity (Wildman–Crippen MR) is 149 cm³/mol. The summed E-state index contributed by atoms with van der Waals surface area (Å²) in [5, 5.41) is 15.2. The van der Waals surface area contributed by atoms with Gasteiger partial charge in [-0.2, -0.15) is 0 Å². The van der Waals surface area contributed by atoms with Crippen LogP contribution in [0.5, 0.6) is 5.75 Å². The summed E-state index contributed by atoms with van der Waals surface area (Å²) in [6, 6.07) is 2.19. The van der Waals surface area contributed by atoms with E-state index in [1.54, 1.807) is 17.0 Å². The standard InChI is InChI=1S/C29H45FN4O6/c1-19-14-20(26(30)23(15-19)40-17-21(32-18-35)10-11-24(31)37)8-6-5-7-9-25(38)33-27(29(2,3)4)28(39)34-13-12-22(36)16-34/h14-15,18,21-22,27,36H,5-13,16-17H2,1-4H3,(H2,31,37)(H,32,35)(H,33,38)/t21-,22+,27+/m0/s1. The minimum Gasteiger partial charge on any atom is -0.488 e. The number of likely N-dealkylation sites (tertiary alicyclic amines) is 1. The van der Waals surface area contributed by atoms with Crippen molar-refractivity contribution < 1.29 is 33.4 Å². The highest BCUT2D eigenvalue weighted by Gasteiger charge is 2.37. The Labute approximate surface area is 236 Å². The Morgan fingerprint density at radius 3 is 2.55 bits per heavy atom. The highest BCUT2D eigenvalue weighted by Crippen LogP contribution is 2.26. The van der Waals surface area contributed by atoms with Crippen molar-refractivity contribution in [3.63, 3.8) is 0 Å². The maximum absolute atomic E-state index is 15.1. The van der Waals surface area contributed by atoms with E-state index in [-0.39, 0.29) is 50.0 Å². The zero-order chi connectivity index (χ0) is 29.9. The SMILES string of the molecule is Cc1cc(CCCCCC(=O)N[C@H](C(=O)N2CC[C@@H](O)C2)C(C)(C)C)c(F)c(OC[C@H](CCC(N)=O)NC=O)c1. The zero-order valence-electron chi connectivity index (χ0n) is 24.1. The summed E-state index contributed by atoms with van der Waals surface area (Å²) in [6.45, 7) is 8.30. The Kier molecular flexibility index (Phi) is 12.8. The molecule has 1 saturated heterocycles. The first-order chi connectivity index (χ1) is 18.8. The van der Waals surface area contributed by atoms with Gasteiger partial charge in [-0.3, -0.25) is 19.2 Å². The molecular weight excluding hydrogens is 519 g/mol. The van der Waals surface area contributed by atoms with Gasteiger partial charge in [0.15, 0.2) is 11.6 Å². The minimum atomic E-state index is -0.678. The number of nitrogens with zero attached hydrogens (tertiary/aromatic N) is 1. The van der Waals surface area contributed by atoms with Crippen molar-refractivity contribution >= 4 is 24.1 Å². The van der Waals surface area contributed by atoms with E-state index in [1.807, 2.05) is 27.7 Å². The molecule has 1 aliphatic heterocycles. The van der Waals surface area contributed by atoms with Crippen LogP contribution in [0, 0.1) is 18.2 Å². The second kappa shape index (κ2) is 15.5. The van der Waals surface area contributed by atoms with Crippen LogP contribution in [0.25, 0.3) is 0 Å². The van der Waals surface area contributed by atoms with Gasteiger partial charge in [0.05, 0.1) is 12.1 Å². The van der Waals surface area contributed by atoms with E-state index in [1.165, 1.54) is 0 Å². The van der Waals surface area contributed by atoms with Gasteiger partial charge in [-0.1, -0.05) is 33.3 Å². The van der Waals surface area contributed by atoms with Gasteiger partial charge in [0.2, 0.25) is 24.1 Å². The number of halogens is 1. The average molecular weight is 565 g/mol. The van der Waals surface area contributed by atoms with Crippen LogP contribution in [-0.2, 0) is 25.6 Å². The number of nitrogens with two attached hydrogens (primary N) is 1. The lowest BCUT2D eigenvalue weighted by Crippen LogP contribution is -2.54. The molecule has 10 nitrogen and oxygen atoms in total. The number of nitrogens with one attached hydrogen (secondary N) is 2. The van der Waals surface area contributed by atoms with Gasteiger partial charge >= 0.3 is 0 Å². The summed E-state index contributed by atoms with van der Waals surface area (Å²) >= 11 is 0. The molecule has 1 fully saturated rings. The molecule has 2 rings (SSSR count). The fourth-order valence-corrected chi connectivity index (χ4v) is 4.70. The Bertz CT molecular complexity index is 1030. The zero-order valence-corrected chi connectivity index (χ0v) is 24.1. The molecule has 0 radical (unpaired) electrons. The Hall–Kier alpha value is -3.21. The van der Waals surface area contributed by atoms with Crippen molar-refractivity contribution in [3.05, 3.63) is 29.1 Å². The largest absolute Gasteiger partial charge is 0.488 e. The fourth-order valence-electron chi connectivity index (χ4n) is 4.70. The normalized spacial score (nSPS) is 16.8. The second-order valence-corrected chi connectivity index (χ2v) is 11.7. The van der Waals surface area contributed by atoms with Gasteiger partial charge in [-0.05, 0) is 61.6 Å². The third-order valence-corrected chi connectivity index (χ3v) is 6.99. The highest BCUT2D eigenvalue weighted by molar-refractivity contribution is 5.88. The van der Waals surface area contributed by atoms with E-state index < -0.39 is 35.3 Å². The van der Waals surface area contributed by atoms with Gasteiger partial charge in [0.25, 0.3) is 0 Å². The van der Waals surface area contributed by atoms with Crippen LogP contribution in [0.3, 0.4) is 0 Å². The molecule has 0 aliphatic carbocycles. The molecule has 1 aromatic rings. The van der Waals surface area contributed by atoms with Crippen LogP contribution < -0.4 is 21.1 Å². The van der Waals surface area contributed by atoms with E-state index in [0.29, 0.717) is 50.6 Å². The number of hydrogen-bond donors (Lipinski definition) is 4. The van der Waals surface area contributed by atoms with Gasteiger partial charge in [-0.25, -0.2) is 4.39 Å². The molecule has 40 heavy (non-hydrogen) atoms. The fraction of sp³-hybridized carbons (Fsp3) is 0.655. The second-order valence-electron chi connectivity index (χ2n) is 11.7. The Morgan fingerprint density at radius 2 is 1.95 bits per heavy atom. The van der Waals surface area contributed by atoms with Gasteiger partial charge in [0, 0.05) is 25.9 Å². The van der Waals surface area contributed by atoms with Crippen molar-refractivity contribution in [1.82, 2.24) is 15.5 Å². The average Bonchev–Trinajstić information content (AvgIpc) is 3.31. The molecule has 0 spiro atoms. The van der Waals surface area contributed by atoms with Crippen LogP contribution in [0.15, 0.2) is 12.1 Å². The number of carbonyl (C=O) groups excluding carboxylic acids is 4.